The Kier molecular flexibility index (Phi) is 6.84. The first-order chi connectivity index (χ1) is 22.6. The highest BCUT2D eigenvalue weighted by Gasteiger charge is 2.14. The fourth-order valence-corrected chi connectivity index (χ4v) is 5.93. The highest BCUT2D eigenvalue weighted by Crippen LogP contribution is 2.36. The van der Waals surface area contributed by atoms with Gasteiger partial charge in [0.2, 0.25) is 0 Å². The van der Waals surface area contributed by atoms with E-state index in [1.165, 1.54) is 56.9 Å². The van der Waals surface area contributed by atoms with E-state index in [4.69, 9.17) is 9.97 Å². The number of fused-ring (bicyclic) bond motifs is 2. The number of hydrogen-bond donors (Lipinski definition) is 0. The molecule has 0 spiro atoms. The second kappa shape index (κ2) is 11.5. The zero-order valence-electron chi connectivity index (χ0n) is 24.5. The Morgan fingerprint density at radius 2 is 0.739 bits per heavy atom. The Hall–Kier alpha value is -6.07. The van der Waals surface area contributed by atoms with Gasteiger partial charge >= 0.3 is 0 Å². The predicted molar refractivity (Wildman–Crippen MR) is 182 cm³/mol. The molecule has 7 aromatic carbocycles. The smallest absolute Gasteiger partial charge is 0.164 e. The van der Waals surface area contributed by atoms with E-state index >= 15 is 0 Å². The van der Waals surface area contributed by atoms with E-state index < -0.39 is 0 Å². The van der Waals surface area contributed by atoms with E-state index in [0.29, 0.717) is 28.6 Å². The zero-order valence-corrected chi connectivity index (χ0v) is 24.5. The van der Waals surface area contributed by atoms with Crippen molar-refractivity contribution >= 4 is 21.5 Å². The lowest BCUT2D eigenvalue weighted by molar-refractivity contribution is 0.627. The SMILES string of the molecule is Fc1ccc(-c2nc(-c3ccc(F)cc3)nc(-c3ccc(-c4cccc5c(-c6ccc7ccccc7c6)cccc45)cc3)n2)cc1. The fraction of sp³-hybridized carbons (Fsp3) is 0. The van der Waals surface area contributed by atoms with Gasteiger partial charge in [-0.2, -0.15) is 0 Å². The van der Waals surface area contributed by atoms with Gasteiger partial charge in [-0.3, -0.25) is 0 Å². The van der Waals surface area contributed by atoms with Crippen LogP contribution in [0.1, 0.15) is 0 Å². The van der Waals surface area contributed by atoms with Crippen molar-refractivity contribution in [2.75, 3.05) is 0 Å². The van der Waals surface area contributed by atoms with Gasteiger partial charge in [-0.15, -0.1) is 0 Å². The molecule has 0 fully saturated rings. The van der Waals surface area contributed by atoms with Crippen LogP contribution in [0, 0.1) is 11.6 Å². The number of nitrogens with zero attached hydrogens (tertiary/aromatic N) is 3. The molecular weight excluding hydrogens is 572 g/mol. The van der Waals surface area contributed by atoms with Crippen LogP contribution in [0.3, 0.4) is 0 Å². The van der Waals surface area contributed by atoms with Crippen molar-refractivity contribution in [3.63, 3.8) is 0 Å². The molecular formula is C41H25F2N3. The quantitative estimate of drug-likeness (QED) is 0.198. The second-order valence-corrected chi connectivity index (χ2v) is 11.2. The molecule has 5 heteroatoms. The van der Waals surface area contributed by atoms with Crippen LogP contribution in [0.2, 0.25) is 0 Å². The van der Waals surface area contributed by atoms with Gasteiger partial charge in [-0.1, -0.05) is 97.1 Å². The van der Waals surface area contributed by atoms with Crippen LogP contribution in [0.5, 0.6) is 0 Å². The van der Waals surface area contributed by atoms with E-state index in [1.807, 2.05) is 12.1 Å². The van der Waals surface area contributed by atoms with Gasteiger partial charge in [0.15, 0.2) is 17.5 Å². The highest BCUT2D eigenvalue weighted by atomic mass is 19.1. The number of rotatable bonds is 5. The number of halogens is 2. The van der Waals surface area contributed by atoms with Gasteiger partial charge in [-0.25, -0.2) is 23.7 Å². The Labute approximate surface area is 264 Å². The zero-order chi connectivity index (χ0) is 31.0. The van der Waals surface area contributed by atoms with Gasteiger partial charge in [0.05, 0.1) is 0 Å². The van der Waals surface area contributed by atoms with Crippen molar-refractivity contribution in [3.8, 4) is 56.4 Å². The van der Waals surface area contributed by atoms with Gasteiger partial charge in [0, 0.05) is 16.7 Å². The minimum absolute atomic E-state index is 0.342. The van der Waals surface area contributed by atoms with Crippen LogP contribution in [-0.2, 0) is 0 Å². The molecule has 0 saturated carbocycles. The van der Waals surface area contributed by atoms with Crippen molar-refractivity contribution < 1.29 is 8.78 Å². The van der Waals surface area contributed by atoms with Crippen molar-refractivity contribution in [2.24, 2.45) is 0 Å². The normalized spacial score (nSPS) is 11.3. The molecule has 0 atom stereocenters. The summed E-state index contributed by atoms with van der Waals surface area (Å²) < 4.78 is 27.4. The first kappa shape index (κ1) is 27.5. The van der Waals surface area contributed by atoms with E-state index in [0.717, 1.165) is 16.7 Å². The highest BCUT2D eigenvalue weighted by molar-refractivity contribution is 6.05. The summed E-state index contributed by atoms with van der Waals surface area (Å²) in [7, 11) is 0. The van der Waals surface area contributed by atoms with E-state index in [2.05, 4.69) is 96.0 Å². The molecule has 0 N–H and O–H groups in total. The molecule has 0 unspecified atom stereocenters. The lowest BCUT2D eigenvalue weighted by atomic mass is 9.92. The van der Waals surface area contributed by atoms with E-state index in [-0.39, 0.29) is 11.6 Å². The van der Waals surface area contributed by atoms with Crippen molar-refractivity contribution in [1.29, 1.82) is 0 Å². The molecule has 0 bridgehead atoms. The second-order valence-electron chi connectivity index (χ2n) is 11.2. The molecule has 1 heterocycles. The largest absolute Gasteiger partial charge is 0.208 e. The van der Waals surface area contributed by atoms with Crippen LogP contribution < -0.4 is 0 Å². The first-order valence-corrected chi connectivity index (χ1v) is 15.0. The number of benzene rings is 7. The Bertz CT molecular complexity index is 2300. The summed E-state index contributed by atoms with van der Waals surface area (Å²) in [6, 6.07) is 48.1. The maximum atomic E-state index is 13.7. The summed E-state index contributed by atoms with van der Waals surface area (Å²) in [5.74, 6) is 0.597. The minimum Gasteiger partial charge on any atom is -0.208 e. The van der Waals surface area contributed by atoms with Crippen LogP contribution in [-0.4, -0.2) is 15.0 Å². The van der Waals surface area contributed by atoms with E-state index in [9.17, 15) is 8.78 Å². The lowest BCUT2D eigenvalue weighted by Gasteiger charge is -2.13. The third kappa shape index (κ3) is 5.18. The van der Waals surface area contributed by atoms with Gasteiger partial charge in [0.25, 0.3) is 0 Å². The average molecular weight is 598 g/mol. The Balaban J connectivity index is 1.19. The monoisotopic (exact) mass is 597 g/mol. The maximum Gasteiger partial charge on any atom is 0.164 e. The topological polar surface area (TPSA) is 38.7 Å². The molecule has 0 aliphatic heterocycles. The van der Waals surface area contributed by atoms with Crippen LogP contribution in [0.4, 0.5) is 8.78 Å². The molecule has 46 heavy (non-hydrogen) atoms. The van der Waals surface area contributed by atoms with Crippen LogP contribution in [0.15, 0.2) is 152 Å². The van der Waals surface area contributed by atoms with Crippen LogP contribution in [0.25, 0.3) is 78.0 Å². The standard InChI is InChI=1S/C41H25F2N3/c42-33-21-17-29(18-22-33)40-44-39(45-41(46-40)30-19-23-34(43)24-20-30)28-14-12-27(13-15-28)35-7-3-10-38-36(8-4-9-37(35)38)32-16-11-26-5-1-2-6-31(26)25-32/h1-25H. The minimum atomic E-state index is -0.342. The molecule has 218 valence electrons. The van der Waals surface area contributed by atoms with Crippen molar-refractivity contribution in [3.05, 3.63) is 163 Å². The Morgan fingerprint density at radius 3 is 1.26 bits per heavy atom. The molecule has 3 nitrogen and oxygen atoms in total. The van der Waals surface area contributed by atoms with Gasteiger partial charge in [0.1, 0.15) is 11.6 Å². The van der Waals surface area contributed by atoms with Crippen molar-refractivity contribution in [2.45, 2.75) is 0 Å². The van der Waals surface area contributed by atoms with Crippen LogP contribution >= 0.6 is 0 Å². The summed E-state index contributed by atoms with van der Waals surface area (Å²) in [6.07, 6.45) is 0. The molecule has 0 amide bonds. The number of hydrogen-bond acceptors (Lipinski definition) is 3. The summed E-state index contributed by atoms with van der Waals surface area (Å²) in [5.41, 5.74) is 6.67. The molecule has 1 aromatic heterocycles. The van der Waals surface area contributed by atoms with Gasteiger partial charge < -0.3 is 0 Å². The summed E-state index contributed by atoms with van der Waals surface area (Å²) >= 11 is 0. The summed E-state index contributed by atoms with van der Waals surface area (Å²) in [4.78, 5) is 14.1. The fourth-order valence-electron chi connectivity index (χ4n) is 5.93. The first-order valence-electron chi connectivity index (χ1n) is 15.0. The molecule has 0 saturated heterocycles. The van der Waals surface area contributed by atoms with Gasteiger partial charge in [-0.05, 0) is 98.4 Å². The molecule has 0 radical (unpaired) electrons. The number of aromatic nitrogens is 3. The molecule has 0 aliphatic rings. The maximum absolute atomic E-state index is 13.7. The third-order valence-electron chi connectivity index (χ3n) is 8.28. The Morgan fingerprint density at radius 1 is 0.326 bits per heavy atom. The summed E-state index contributed by atoms with van der Waals surface area (Å²) in [6.45, 7) is 0. The van der Waals surface area contributed by atoms with E-state index in [1.54, 1.807) is 24.3 Å². The summed E-state index contributed by atoms with van der Waals surface area (Å²) in [5, 5.41) is 4.79. The van der Waals surface area contributed by atoms with Crippen molar-refractivity contribution in [1.82, 2.24) is 15.0 Å². The molecule has 8 rings (SSSR count). The predicted octanol–water partition coefficient (Wildman–Crippen LogP) is 10.8. The molecule has 8 aromatic rings. The third-order valence-corrected chi connectivity index (χ3v) is 8.28. The molecule has 0 aliphatic carbocycles. The lowest BCUT2D eigenvalue weighted by Crippen LogP contribution is -2.00. The average Bonchev–Trinajstić information content (AvgIpc) is 3.11.